The maximum atomic E-state index is 12.5. The average molecular weight is 301 g/mol. The average Bonchev–Trinajstić information content (AvgIpc) is 2.85. The van der Waals surface area contributed by atoms with E-state index in [0.717, 1.165) is 0 Å². The summed E-state index contributed by atoms with van der Waals surface area (Å²) in [6.45, 7) is 2.54. The molecular formula is C11H19N5O3S. The van der Waals surface area contributed by atoms with Gasteiger partial charge in [0.2, 0.25) is 0 Å². The number of oxime groups is 1. The Balaban J connectivity index is 2.18. The lowest BCUT2D eigenvalue weighted by Gasteiger charge is -2.37. The number of hydrogen-bond acceptors (Lipinski definition) is 5. The SMILES string of the molecule is Cn1nccc1S(=O)(=O)N1CCC(C)(/C(N)=N/O)CC1. The zero-order chi connectivity index (χ0) is 15.0. The molecule has 1 fully saturated rings. The van der Waals surface area contributed by atoms with Crippen LogP contribution in [0.2, 0.25) is 0 Å². The largest absolute Gasteiger partial charge is 0.409 e. The summed E-state index contributed by atoms with van der Waals surface area (Å²) in [5.74, 6) is 0.148. The van der Waals surface area contributed by atoms with Crippen LogP contribution in [0.3, 0.4) is 0 Å². The Kier molecular flexibility index (Phi) is 3.74. The topological polar surface area (TPSA) is 114 Å². The number of amidine groups is 1. The van der Waals surface area contributed by atoms with Gasteiger partial charge in [0.15, 0.2) is 5.03 Å². The van der Waals surface area contributed by atoms with Gasteiger partial charge in [0.05, 0.1) is 6.20 Å². The molecule has 2 heterocycles. The maximum Gasteiger partial charge on any atom is 0.260 e. The van der Waals surface area contributed by atoms with E-state index in [4.69, 9.17) is 10.9 Å². The molecule has 8 nitrogen and oxygen atoms in total. The Morgan fingerprint density at radius 1 is 1.50 bits per heavy atom. The second kappa shape index (κ2) is 5.06. The molecule has 2 rings (SSSR count). The number of rotatable bonds is 3. The third kappa shape index (κ3) is 2.38. The van der Waals surface area contributed by atoms with E-state index in [1.165, 1.54) is 21.3 Å². The van der Waals surface area contributed by atoms with Gasteiger partial charge in [-0.3, -0.25) is 4.68 Å². The van der Waals surface area contributed by atoms with E-state index in [1.807, 2.05) is 6.92 Å². The number of hydrogen-bond donors (Lipinski definition) is 2. The Bertz CT molecular complexity index is 614. The molecule has 1 saturated heterocycles. The van der Waals surface area contributed by atoms with Gasteiger partial charge in [-0.1, -0.05) is 12.1 Å². The quantitative estimate of drug-likeness (QED) is 0.352. The molecule has 1 aliphatic heterocycles. The van der Waals surface area contributed by atoms with Gasteiger partial charge in [-0.05, 0) is 18.9 Å². The first-order chi connectivity index (χ1) is 9.31. The highest BCUT2D eigenvalue weighted by atomic mass is 32.2. The molecule has 0 amide bonds. The van der Waals surface area contributed by atoms with Crippen molar-refractivity contribution in [3.8, 4) is 0 Å². The van der Waals surface area contributed by atoms with Gasteiger partial charge in [-0.25, -0.2) is 8.42 Å². The lowest BCUT2D eigenvalue weighted by Crippen LogP contribution is -2.47. The zero-order valence-electron chi connectivity index (χ0n) is 11.5. The first-order valence-electron chi connectivity index (χ1n) is 6.27. The number of sulfonamides is 1. The highest BCUT2D eigenvalue weighted by molar-refractivity contribution is 7.89. The number of piperidine rings is 1. The molecule has 112 valence electrons. The van der Waals surface area contributed by atoms with Crippen molar-refractivity contribution in [1.82, 2.24) is 14.1 Å². The van der Waals surface area contributed by atoms with Crippen molar-refractivity contribution in [2.24, 2.45) is 23.4 Å². The highest BCUT2D eigenvalue weighted by Crippen LogP contribution is 2.33. The number of nitrogens with zero attached hydrogens (tertiary/aromatic N) is 4. The molecule has 0 unspecified atom stereocenters. The maximum absolute atomic E-state index is 12.5. The fourth-order valence-corrected chi connectivity index (χ4v) is 3.89. The fraction of sp³-hybridized carbons (Fsp3) is 0.636. The van der Waals surface area contributed by atoms with Crippen LogP contribution in [0.5, 0.6) is 0 Å². The highest BCUT2D eigenvalue weighted by Gasteiger charge is 2.39. The third-order valence-corrected chi connectivity index (χ3v) is 5.91. The monoisotopic (exact) mass is 301 g/mol. The van der Waals surface area contributed by atoms with Gasteiger partial charge in [-0.2, -0.15) is 9.40 Å². The van der Waals surface area contributed by atoms with Gasteiger partial charge >= 0.3 is 0 Å². The summed E-state index contributed by atoms with van der Waals surface area (Å²) in [4.78, 5) is 0. The van der Waals surface area contributed by atoms with E-state index in [1.54, 1.807) is 7.05 Å². The summed E-state index contributed by atoms with van der Waals surface area (Å²) in [5, 5.41) is 15.9. The number of nitrogens with two attached hydrogens (primary N) is 1. The van der Waals surface area contributed by atoms with Crippen molar-refractivity contribution >= 4 is 15.9 Å². The van der Waals surface area contributed by atoms with Gasteiger partial charge in [0, 0.05) is 25.6 Å². The van der Waals surface area contributed by atoms with E-state index < -0.39 is 15.4 Å². The minimum Gasteiger partial charge on any atom is -0.409 e. The van der Waals surface area contributed by atoms with Crippen LogP contribution in [0.15, 0.2) is 22.4 Å². The predicted octanol–water partition coefficient (Wildman–Crippen LogP) is -0.0427. The van der Waals surface area contributed by atoms with Gasteiger partial charge in [0.25, 0.3) is 10.0 Å². The van der Waals surface area contributed by atoms with E-state index in [2.05, 4.69) is 10.3 Å². The smallest absolute Gasteiger partial charge is 0.260 e. The Hall–Kier alpha value is -1.61. The molecule has 0 aliphatic carbocycles. The number of aromatic nitrogens is 2. The molecule has 1 aliphatic rings. The Morgan fingerprint density at radius 2 is 2.10 bits per heavy atom. The minimum absolute atomic E-state index is 0.148. The molecule has 0 aromatic carbocycles. The summed E-state index contributed by atoms with van der Waals surface area (Å²) >= 11 is 0. The van der Waals surface area contributed by atoms with Crippen LogP contribution in [0.4, 0.5) is 0 Å². The molecule has 1 aromatic heterocycles. The van der Waals surface area contributed by atoms with Gasteiger partial charge in [-0.15, -0.1) is 0 Å². The molecule has 3 N–H and O–H groups in total. The normalized spacial score (nSPS) is 21.0. The number of aryl methyl sites for hydroxylation is 1. The van der Waals surface area contributed by atoms with Crippen molar-refractivity contribution < 1.29 is 13.6 Å². The van der Waals surface area contributed by atoms with Crippen molar-refractivity contribution in [3.05, 3.63) is 12.3 Å². The van der Waals surface area contributed by atoms with E-state index >= 15 is 0 Å². The van der Waals surface area contributed by atoms with Crippen molar-refractivity contribution in [2.75, 3.05) is 13.1 Å². The molecule has 9 heteroatoms. The molecule has 0 bridgehead atoms. The van der Waals surface area contributed by atoms with Gasteiger partial charge in [0.1, 0.15) is 5.84 Å². The standard InChI is InChI=1S/C11H19N5O3S/c1-11(10(12)14-17)4-7-16(8-5-11)20(18,19)9-3-6-13-15(9)2/h3,6,17H,4-5,7-8H2,1-2H3,(H2,12,14). The van der Waals surface area contributed by atoms with Gasteiger partial charge < -0.3 is 10.9 Å². The van der Waals surface area contributed by atoms with Crippen LogP contribution in [0.1, 0.15) is 19.8 Å². The van der Waals surface area contributed by atoms with Crippen molar-refractivity contribution in [2.45, 2.75) is 24.8 Å². The minimum atomic E-state index is -3.54. The summed E-state index contributed by atoms with van der Waals surface area (Å²) in [5.41, 5.74) is 5.21. The zero-order valence-corrected chi connectivity index (χ0v) is 12.3. The van der Waals surface area contributed by atoms with Crippen LogP contribution in [-0.4, -0.2) is 46.6 Å². The lowest BCUT2D eigenvalue weighted by atomic mass is 9.80. The molecule has 0 atom stereocenters. The van der Waals surface area contributed by atoms with Crippen LogP contribution >= 0.6 is 0 Å². The summed E-state index contributed by atoms with van der Waals surface area (Å²) < 4.78 is 27.7. The van der Waals surface area contributed by atoms with E-state index in [-0.39, 0.29) is 10.9 Å². The second-order valence-electron chi connectivity index (χ2n) is 5.24. The van der Waals surface area contributed by atoms with Crippen molar-refractivity contribution in [3.63, 3.8) is 0 Å². The lowest BCUT2D eigenvalue weighted by molar-refractivity contribution is 0.229. The van der Waals surface area contributed by atoms with Crippen LogP contribution in [-0.2, 0) is 17.1 Å². The summed E-state index contributed by atoms with van der Waals surface area (Å²) in [7, 11) is -1.95. The molecular weight excluding hydrogens is 282 g/mol. The first kappa shape index (κ1) is 14.8. The second-order valence-corrected chi connectivity index (χ2v) is 7.13. The first-order valence-corrected chi connectivity index (χ1v) is 7.71. The molecule has 20 heavy (non-hydrogen) atoms. The van der Waals surface area contributed by atoms with E-state index in [0.29, 0.717) is 25.9 Å². The Morgan fingerprint density at radius 3 is 2.55 bits per heavy atom. The van der Waals surface area contributed by atoms with Crippen LogP contribution < -0.4 is 5.73 Å². The third-order valence-electron chi connectivity index (χ3n) is 3.93. The predicted molar refractivity (Wildman–Crippen MR) is 72.7 cm³/mol. The molecule has 0 saturated carbocycles. The van der Waals surface area contributed by atoms with E-state index in [9.17, 15) is 8.42 Å². The van der Waals surface area contributed by atoms with Crippen molar-refractivity contribution in [1.29, 1.82) is 0 Å². The summed E-state index contributed by atoms with van der Waals surface area (Å²) in [6.07, 6.45) is 2.48. The van der Waals surface area contributed by atoms with Crippen LogP contribution in [0, 0.1) is 5.41 Å². The molecule has 0 radical (unpaired) electrons. The van der Waals surface area contributed by atoms with Crippen LogP contribution in [0.25, 0.3) is 0 Å². The fourth-order valence-electron chi connectivity index (χ4n) is 2.34. The molecule has 0 spiro atoms. The molecule has 1 aromatic rings. The Labute approximate surface area is 117 Å². The summed E-state index contributed by atoms with van der Waals surface area (Å²) in [6, 6.07) is 1.48.